The van der Waals surface area contributed by atoms with E-state index in [0.717, 1.165) is 5.56 Å². The van der Waals surface area contributed by atoms with E-state index in [1.807, 2.05) is 19.9 Å². The molecular weight excluding hydrogens is 344 g/mol. The molecule has 0 aliphatic carbocycles. The number of benzene rings is 2. The lowest BCUT2D eigenvalue weighted by Gasteiger charge is -2.19. The van der Waals surface area contributed by atoms with Gasteiger partial charge in [-0.2, -0.15) is 5.26 Å². The average molecular weight is 366 g/mol. The number of rotatable bonds is 8. The van der Waals surface area contributed by atoms with Crippen LogP contribution in [0.2, 0.25) is 0 Å². The molecule has 0 aromatic heterocycles. The van der Waals surface area contributed by atoms with Gasteiger partial charge in [-0.25, -0.2) is 0 Å². The Morgan fingerprint density at radius 3 is 2.33 bits per heavy atom. The molecule has 0 bridgehead atoms. The van der Waals surface area contributed by atoms with Gasteiger partial charge in [0, 0.05) is 5.56 Å². The van der Waals surface area contributed by atoms with E-state index in [1.54, 1.807) is 54.6 Å². The van der Waals surface area contributed by atoms with Crippen LogP contribution in [-0.4, -0.2) is 24.6 Å². The summed E-state index contributed by atoms with van der Waals surface area (Å²) in [6.45, 7) is 3.54. The third kappa shape index (κ3) is 6.48. The molecule has 0 radical (unpaired) electrons. The number of hydrogen-bond donors (Lipinski definition) is 1. The molecule has 140 valence electrons. The van der Waals surface area contributed by atoms with Crippen molar-refractivity contribution >= 4 is 11.9 Å². The highest BCUT2D eigenvalue weighted by Gasteiger charge is 2.20. The molecule has 2 aromatic rings. The molecule has 1 amide bonds. The van der Waals surface area contributed by atoms with Crippen LogP contribution in [0.3, 0.4) is 0 Å². The van der Waals surface area contributed by atoms with E-state index in [4.69, 9.17) is 14.7 Å². The number of amides is 1. The highest BCUT2D eigenvalue weighted by atomic mass is 16.5. The third-order valence-electron chi connectivity index (χ3n) is 3.66. The largest absolute Gasteiger partial charge is 0.491 e. The average Bonchev–Trinajstić information content (AvgIpc) is 2.66. The van der Waals surface area contributed by atoms with Gasteiger partial charge in [0.2, 0.25) is 0 Å². The lowest BCUT2D eigenvalue weighted by molar-refractivity contribution is -0.142. The van der Waals surface area contributed by atoms with Crippen molar-refractivity contribution in [3.63, 3.8) is 0 Å². The first kappa shape index (κ1) is 20.0. The minimum Gasteiger partial charge on any atom is -0.491 e. The summed E-state index contributed by atoms with van der Waals surface area (Å²) in [4.78, 5) is 24.5. The second kappa shape index (κ2) is 9.97. The molecule has 2 aromatic carbocycles. The summed E-state index contributed by atoms with van der Waals surface area (Å²) < 4.78 is 10.4. The molecule has 0 fully saturated rings. The number of ether oxygens (including phenoxy) is 2. The molecule has 2 rings (SSSR count). The van der Waals surface area contributed by atoms with Gasteiger partial charge in [-0.1, -0.05) is 30.3 Å². The van der Waals surface area contributed by atoms with Crippen molar-refractivity contribution in [2.45, 2.75) is 32.4 Å². The maximum absolute atomic E-state index is 12.5. The van der Waals surface area contributed by atoms with Crippen LogP contribution in [0.15, 0.2) is 54.6 Å². The second-order valence-electron chi connectivity index (χ2n) is 6.15. The Morgan fingerprint density at radius 2 is 1.74 bits per heavy atom. The number of nitrogens with zero attached hydrogens (tertiary/aromatic N) is 1. The molecule has 0 spiro atoms. The number of carbonyl (C=O) groups is 2. The maximum Gasteiger partial charge on any atom is 0.309 e. The standard InChI is InChI=1S/C21H22N2O4/c1-15(2)27-18-10-8-16(9-11-18)19(14-20(24)26-13-12-22)23-21(25)17-6-4-3-5-7-17/h3-11,15,19H,13-14H2,1-2H3,(H,23,25)/t19-/m0/s1. The van der Waals surface area contributed by atoms with E-state index in [1.165, 1.54) is 0 Å². The molecular formula is C21H22N2O4. The molecule has 0 heterocycles. The molecule has 0 saturated heterocycles. The summed E-state index contributed by atoms with van der Waals surface area (Å²) >= 11 is 0. The van der Waals surface area contributed by atoms with E-state index in [2.05, 4.69) is 5.32 Å². The van der Waals surface area contributed by atoms with Crippen LogP contribution in [0.1, 0.15) is 42.2 Å². The van der Waals surface area contributed by atoms with E-state index < -0.39 is 12.0 Å². The Labute approximate surface area is 158 Å². The lowest BCUT2D eigenvalue weighted by atomic mass is 10.0. The molecule has 0 aliphatic rings. The van der Waals surface area contributed by atoms with Crippen LogP contribution in [-0.2, 0) is 9.53 Å². The van der Waals surface area contributed by atoms with Crippen molar-refractivity contribution in [2.75, 3.05) is 6.61 Å². The molecule has 0 saturated carbocycles. The molecule has 27 heavy (non-hydrogen) atoms. The molecule has 0 aliphatic heterocycles. The van der Waals surface area contributed by atoms with Crippen LogP contribution < -0.4 is 10.1 Å². The Kier molecular flexibility index (Phi) is 7.38. The number of nitrogens with one attached hydrogen (secondary N) is 1. The monoisotopic (exact) mass is 366 g/mol. The maximum atomic E-state index is 12.5. The van der Waals surface area contributed by atoms with Crippen molar-refractivity contribution in [3.05, 3.63) is 65.7 Å². The number of nitriles is 1. The Hall–Kier alpha value is -3.33. The summed E-state index contributed by atoms with van der Waals surface area (Å²) in [5.41, 5.74) is 1.23. The summed E-state index contributed by atoms with van der Waals surface area (Å²) in [5, 5.41) is 11.4. The van der Waals surface area contributed by atoms with Crippen LogP contribution >= 0.6 is 0 Å². The van der Waals surface area contributed by atoms with Gasteiger partial charge < -0.3 is 14.8 Å². The molecule has 0 unspecified atom stereocenters. The van der Waals surface area contributed by atoms with Crippen LogP contribution in [0, 0.1) is 11.3 Å². The summed E-state index contributed by atoms with van der Waals surface area (Å²) in [6, 6.07) is 17.1. The van der Waals surface area contributed by atoms with Crippen LogP contribution in [0.25, 0.3) is 0 Å². The fourth-order valence-electron chi connectivity index (χ4n) is 2.47. The number of carbonyl (C=O) groups excluding carboxylic acids is 2. The predicted octanol–water partition coefficient (Wildman–Crippen LogP) is 3.40. The Balaban J connectivity index is 2.17. The van der Waals surface area contributed by atoms with Gasteiger partial charge in [0.15, 0.2) is 6.61 Å². The van der Waals surface area contributed by atoms with Gasteiger partial charge in [-0.15, -0.1) is 0 Å². The Bertz CT molecular complexity index is 795. The van der Waals surface area contributed by atoms with Gasteiger partial charge in [0.25, 0.3) is 5.91 Å². The lowest BCUT2D eigenvalue weighted by Crippen LogP contribution is -2.30. The quantitative estimate of drug-likeness (QED) is 0.723. The highest BCUT2D eigenvalue weighted by molar-refractivity contribution is 5.94. The predicted molar refractivity (Wildman–Crippen MR) is 100 cm³/mol. The van der Waals surface area contributed by atoms with E-state index >= 15 is 0 Å². The fourth-order valence-corrected chi connectivity index (χ4v) is 2.47. The molecule has 1 atom stereocenters. The van der Waals surface area contributed by atoms with Gasteiger partial charge in [-0.3, -0.25) is 9.59 Å². The number of esters is 1. The van der Waals surface area contributed by atoms with E-state index in [0.29, 0.717) is 11.3 Å². The highest BCUT2D eigenvalue weighted by Crippen LogP contribution is 2.22. The van der Waals surface area contributed by atoms with Crippen molar-refractivity contribution in [3.8, 4) is 11.8 Å². The zero-order chi connectivity index (χ0) is 19.6. The smallest absolute Gasteiger partial charge is 0.309 e. The minimum atomic E-state index is -0.586. The van der Waals surface area contributed by atoms with E-state index in [-0.39, 0.29) is 25.0 Å². The fraction of sp³-hybridized carbons (Fsp3) is 0.286. The van der Waals surface area contributed by atoms with Crippen molar-refractivity contribution in [2.24, 2.45) is 0 Å². The summed E-state index contributed by atoms with van der Waals surface area (Å²) in [5.74, 6) is -0.150. The molecule has 6 nitrogen and oxygen atoms in total. The third-order valence-corrected chi connectivity index (χ3v) is 3.66. The van der Waals surface area contributed by atoms with Gasteiger partial charge in [0.05, 0.1) is 18.6 Å². The van der Waals surface area contributed by atoms with E-state index in [9.17, 15) is 9.59 Å². The first-order valence-corrected chi connectivity index (χ1v) is 8.64. The Morgan fingerprint density at radius 1 is 1.07 bits per heavy atom. The topological polar surface area (TPSA) is 88.4 Å². The van der Waals surface area contributed by atoms with Crippen molar-refractivity contribution < 1.29 is 19.1 Å². The number of hydrogen-bond acceptors (Lipinski definition) is 5. The van der Waals surface area contributed by atoms with Gasteiger partial charge in [-0.05, 0) is 43.7 Å². The zero-order valence-electron chi connectivity index (χ0n) is 15.3. The van der Waals surface area contributed by atoms with Crippen molar-refractivity contribution in [1.29, 1.82) is 5.26 Å². The first-order chi connectivity index (χ1) is 13.0. The van der Waals surface area contributed by atoms with Crippen LogP contribution in [0.4, 0.5) is 0 Å². The normalized spacial score (nSPS) is 11.3. The van der Waals surface area contributed by atoms with Gasteiger partial charge in [0.1, 0.15) is 11.8 Å². The molecule has 1 N–H and O–H groups in total. The van der Waals surface area contributed by atoms with Crippen molar-refractivity contribution in [1.82, 2.24) is 5.32 Å². The second-order valence-corrected chi connectivity index (χ2v) is 6.15. The molecule has 6 heteroatoms. The summed E-state index contributed by atoms with van der Waals surface area (Å²) in [7, 11) is 0. The first-order valence-electron chi connectivity index (χ1n) is 8.64. The summed E-state index contributed by atoms with van der Waals surface area (Å²) in [6.07, 6.45) is -0.0321. The zero-order valence-corrected chi connectivity index (χ0v) is 15.3. The minimum absolute atomic E-state index is 0.0467. The van der Waals surface area contributed by atoms with Gasteiger partial charge >= 0.3 is 5.97 Å². The van der Waals surface area contributed by atoms with Crippen LogP contribution in [0.5, 0.6) is 5.75 Å². The SMILES string of the molecule is CC(C)Oc1ccc([C@H](CC(=O)OCC#N)NC(=O)c2ccccc2)cc1.